The second-order valence-corrected chi connectivity index (χ2v) is 6.67. The van der Waals surface area contributed by atoms with E-state index in [1.807, 2.05) is 0 Å². The third-order valence-electron chi connectivity index (χ3n) is 4.15. The molecule has 2 fully saturated rings. The summed E-state index contributed by atoms with van der Waals surface area (Å²) in [7, 11) is 0. The maximum Gasteiger partial charge on any atom is 0.315 e. The van der Waals surface area contributed by atoms with E-state index in [-0.39, 0.29) is 17.6 Å². The molecule has 1 aromatic rings. The van der Waals surface area contributed by atoms with Gasteiger partial charge in [0.25, 0.3) is 0 Å². The molecule has 0 radical (unpaired) electrons. The van der Waals surface area contributed by atoms with Crippen molar-refractivity contribution in [3.8, 4) is 0 Å². The summed E-state index contributed by atoms with van der Waals surface area (Å²) in [6.07, 6.45) is 4.58. The largest absolute Gasteiger partial charge is 0.411 e. The van der Waals surface area contributed by atoms with Crippen LogP contribution in [0, 0.1) is 5.92 Å². The number of rotatable bonds is 5. The molecule has 2 N–H and O–H groups in total. The zero-order chi connectivity index (χ0) is 14.9. The number of ether oxygens (including phenoxy) is 1. The zero-order valence-corrected chi connectivity index (χ0v) is 12.5. The molecule has 7 nitrogen and oxygen atoms in total. The number of amides is 1. The molecule has 1 unspecified atom stereocenters. The van der Waals surface area contributed by atoms with Gasteiger partial charge in [0.15, 0.2) is 0 Å². The highest BCUT2D eigenvalue weighted by Gasteiger charge is 2.35. The maximum absolute atomic E-state index is 12.0. The molecule has 3 rings (SSSR count). The molecular formula is C14H22N4O3. The smallest absolute Gasteiger partial charge is 0.315 e. The lowest BCUT2D eigenvalue weighted by Gasteiger charge is -2.35. The van der Waals surface area contributed by atoms with Gasteiger partial charge in [-0.15, -0.1) is 5.10 Å². The molecule has 0 aromatic carbocycles. The predicted octanol–water partition coefficient (Wildman–Crippen LogP) is 1.33. The van der Waals surface area contributed by atoms with Crippen molar-refractivity contribution in [3.63, 3.8) is 0 Å². The Morgan fingerprint density at radius 2 is 2.24 bits per heavy atom. The van der Waals surface area contributed by atoms with Crippen molar-refractivity contribution in [1.82, 2.24) is 15.5 Å². The SMILES string of the molecule is CC1(C)CC(CC(=O)NC2CC(Nc3nnco3)C2)CO1. The van der Waals surface area contributed by atoms with Gasteiger partial charge in [-0.1, -0.05) is 5.10 Å². The third kappa shape index (κ3) is 3.72. The van der Waals surface area contributed by atoms with Crippen LogP contribution in [-0.2, 0) is 9.53 Å². The van der Waals surface area contributed by atoms with Crippen LogP contribution in [0.3, 0.4) is 0 Å². The molecule has 7 heteroatoms. The molecular weight excluding hydrogens is 272 g/mol. The van der Waals surface area contributed by atoms with Crippen molar-refractivity contribution in [2.24, 2.45) is 5.92 Å². The standard InChI is InChI=1S/C14H22N4O3/c1-14(2)6-9(7-21-14)3-12(19)16-10-4-11(5-10)17-13-18-15-8-20-13/h8-11H,3-7H2,1-2H3,(H,16,19)(H,17,18). The number of carbonyl (C=O) groups is 1. The summed E-state index contributed by atoms with van der Waals surface area (Å²) in [6.45, 7) is 4.84. The quantitative estimate of drug-likeness (QED) is 0.851. The molecule has 1 aliphatic carbocycles. The van der Waals surface area contributed by atoms with Crippen molar-refractivity contribution < 1.29 is 13.9 Å². The minimum absolute atomic E-state index is 0.0828. The molecule has 1 aliphatic heterocycles. The highest BCUT2D eigenvalue weighted by Crippen LogP contribution is 2.31. The van der Waals surface area contributed by atoms with Gasteiger partial charge in [-0.3, -0.25) is 4.79 Å². The summed E-state index contributed by atoms with van der Waals surface area (Å²) >= 11 is 0. The Balaban J connectivity index is 1.34. The van der Waals surface area contributed by atoms with Crippen LogP contribution in [-0.4, -0.2) is 40.4 Å². The van der Waals surface area contributed by atoms with E-state index in [2.05, 4.69) is 34.7 Å². The van der Waals surface area contributed by atoms with Crippen molar-refractivity contribution in [3.05, 3.63) is 6.39 Å². The number of anilines is 1. The fourth-order valence-electron chi connectivity index (χ4n) is 3.10. The summed E-state index contributed by atoms with van der Waals surface area (Å²) in [4.78, 5) is 12.0. The first kappa shape index (κ1) is 14.3. The fourth-order valence-corrected chi connectivity index (χ4v) is 3.10. The number of aromatic nitrogens is 2. The minimum atomic E-state index is -0.0828. The van der Waals surface area contributed by atoms with Gasteiger partial charge < -0.3 is 19.8 Å². The van der Waals surface area contributed by atoms with E-state index in [0.29, 0.717) is 31.0 Å². The highest BCUT2D eigenvalue weighted by atomic mass is 16.5. The zero-order valence-electron chi connectivity index (χ0n) is 12.5. The van der Waals surface area contributed by atoms with Crippen LogP contribution in [0.5, 0.6) is 0 Å². The van der Waals surface area contributed by atoms with E-state index in [0.717, 1.165) is 19.3 Å². The normalized spacial score (nSPS) is 30.7. The average molecular weight is 294 g/mol. The van der Waals surface area contributed by atoms with Gasteiger partial charge in [0.2, 0.25) is 12.3 Å². The van der Waals surface area contributed by atoms with Gasteiger partial charge in [-0.25, -0.2) is 0 Å². The van der Waals surface area contributed by atoms with Gasteiger partial charge in [0.05, 0.1) is 12.2 Å². The first-order valence-corrected chi connectivity index (χ1v) is 7.46. The Labute approximate surface area is 123 Å². The van der Waals surface area contributed by atoms with Crippen LogP contribution < -0.4 is 10.6 Å². The van der Waals surface area contributed by atoms with Crippen LogP contribution in [0.25, 0.3) is 0 Å². The van der Waals surface area contributed by atoms with Crippen LogP contribution >= 0.6 is 0 Å². The van der Waals surface area contributed by atoms with E-state index in [1.165, 1.54) is 6.39 Å². The van der Waals surface area contributed by atoms with E-state index in [1.54, 1.807) is 0 Å². The van der Waals surface area contributed by atoms with Gasteiger partial charge in [-0.2, -0.15) is 0 Å². The van der Waals surface area contributed by atoms with Crippen LogP contribution in [0.15, 0.2) is 10.8 Å². The predicted molar refractivity (Wildman–Crippen MR) is 75.6 cm³/mol. The number of hydrogen-bond acceptors (Lipinski definition) is 6. The molecule has 1 saturated heterocycles. The molecule has 1 aromatic heterocycles. The summed E-state index contributed by atoms with van der Waals surface area (Å²) < 4.78 is 10.7. The first-order valence-electron chi connectivity index (χ1n) is 7.46. The Morgan fingerprint density at radius 1 is 1.43 bits per heavy atom. The lowest BCUT2D eigenvalue weighted by Crippen LogP contribution is -2.50. The summed E-state index contributed by atoms with van der Waals surface area (Å²) in [5.41, 5.74) is -0.0828. The van der Waals surface area contributed by atoms with Crippen LogP contribution in [0.4, 0.5) is 6.01 Å². The molecule has 21 heavy (non-hydrogen) atoms. The molecule has 2 aliphatic rings. The monoisotopic (exact) mass is 294 g/mol. The van der Waals surface area contributed by atoms with E-state index in [9.17, 15) is 4.79 Å². The van der Waals surface area contributed by atoms with Gasteiger partial charge in [0.1, 0.15) is 0 Å². The van der Waals surface area contributed by atoms with Gasteiger partial charge >= 0.3 is 6.01 Å². The molecule has 116 valence electrons. The van der Waals surface area contributed by atoms with Crippen LogP contribution in [0.1, 0.15) is 39.5 Å². The molecule has 1 amide bonds. The average Bonchev–Trinajstić information content (AvgIpc) is 2.96. The molecule has 1 atom stereocenters. The third-order valence-corrected chi connectivity index (χ3v) is 4.15. The Bertz CT molecular complexity index is 482. The summed E-state index contributed by atoms with van der Waals surface area (Å²) in [5, 5.41) is 13.6. The lowest BCUT2D eigenvalue weighted by atomic mass is 9.86. The number of carbonyl (C=O) groups excluding carboxylic acids is 1. The van der Waals surface area contributed by atoms with Crippen LogP contribution in [0.2, 0.25) is 0 Å². The Kier molecular flexibility index (Phi) is 3.84. The molecule has 0 bridgehead atoms. The van der Waals surface area contributed by atoms with Crippen molar-refractivity contribution in [2.75, 3.05) is 11.9 Å². The topological polar surface area (TPSA) is 89.3 Å². The van der Waals surface area contributed by atoms with Crippen molar-refractivity contribution >= 4 is 11.9 Å². The van der Waals surface area contributed by atoms with E-state index < -0.39 is 0 Å². The van der Waals surface area contributed by atoms with Crippen molar-refractivity contribution in [2.45, 2.75) is 57.2 Å². The van der Waals surface area contributed by atoms with E-state index >= 15 is 0 Å². The Morgan fingerprint density at radius 3 is 2.86 bits per heavy atom. The van der Waals surface area contributed by atoms with Gasteiger partial charge in [0, 0.05) is 18.5 Å². The first-order chi connectivity index (χ1) is 10.00. The minimum Gasteiger partial charge on any atom is -0.411 e. The molecule has 1 saturated carbocycles. The molecule has 2 heterocycles. The maximum atomic E-state index is 12.0. The van der Waals surface area contributed by atoms with E-state index in [4.69, 9.17) is 9.15 Å². The summed E-state index contributed by atoms with van der Waals surface area (Å²) in [6, 6.07) is 0.980. The summed E-state index contributed by atoms with van der Waals surface area (Å²) in [5.74, 6) is 0.468. The number of nitrogens with one attached hydrogen (secondary N) is 2. The number of nitrogens with zero attached hydrogens (tertiary/aromatic N) is 2. The fraction of sp³-hybridized carbons (Fsp3) is 0.786. The Hall–Kier alpha value is -1.63. The van der Waals surface area contributed by atoms with Crippen molar-refractivity contribution in [1.29, 1.82) is 0 Å². The van der Waals surface area contributed by atoms with Gasteiger partial charge in [-0.05, 0) is 39.0 Å². The molecule has 0 spiro atoms. The second-order valence-electron chi connectivity index (χ2n) is 6.67. The second kappa shape index (κ2) is 5.63. The highest BCUT2D eigenvalue weighted by molar-refractivity contribution is 5.76. The number of hydrogen-bond donors (Lipinski definition) is 2. The lowest BCUT2D eigenvalue weighted by molar-refractivity contribution is -0.123.